The van der Waals surface area contributed by atoms with E-state index in [1.807, 2.05) is 6.07 Å². The van der Waals surface area contributed by atoms with Crippen molar-refractivity contribution in [2.45, 2.75) is 58.0 Å². The lowest BCUT2D eigenvalue weighted by atomic mass is 10.0. The Labute approximate surface area is 132 Å². The highest BCUT2D eigenvalue weighted by atomic mass is 32.2. The van der Waals surface area contributed by atoms with Gasteiger partial charge >= 0.3 is 10.3 Å². The van der Waals surface area contributed by atoms with Gasteiger partial charge in [-0.15, -0.1) is 0 Å². The highest BCUT2D eigenvalue weighted by Crippen LogP contribution is 2.43. The summed E-state index contributed by atoms with van der Waals surface area (Å²) in [7, 11) is -4.17. The third kappa shape index (κ3) is 5.66. The molecule has 0 amide bonds. The van der Waals surface area contributed by atoms with Gasteiger partial charge in [0.05, 0.1) is 6.10 Å². The maximum absolute atomic E-state index is 8.97. The summed E-state index contributed by atoms with van der Waals surface area (Å²) < 4.78 is 37.6. The van der Waals surface area contributed by atoms with Gasteiger partial charge in [-0.1, -0.05) is 51.1 Å². The van der Waals surface area contributed by atoms with E-state index in [0.717, 1.165) is 19.3 Å². The van der Waals surface area contributed by atoms with E-state index in [4.69, 9.17) is 22.4 Å². The van der Waals surface area contributed by atoms with Crippen molar-refractivity contribution >= 4 is 10.3 Å². The van der Waals surface area contributed by atoms with Gasteiger partial charge in [0.1, 0.15) is 6.10 Å². The lowest BCUT2D eigenvalue weighted by Gasteiger charge is -2.25. The minimum atomic E-state index is -4.17. The predicted octanol–water partition coefficient (Wildman–Crippen LogP) is 2.82. The molecule has 3 N–H and O–H groups in total. The summed E-state index contributed by atoms with van der Waals surface area (Å²) in [6, 6.07) is 10.4. The summed E-state index contributed by atoms with van der Waals surface area (Å²) in [5.41, 5.74) is 1.23. The van der Waals surface area contributed by atoms with E-state index in [1.165, 1.54) is 5.56 Å². The highest BCUT2D eigenvalue weighted by molar-refractivity contribution is 7.83. The maximum Gasteiger partial charge on any atom is 0.330 e. The Morgan fingerprint density at radius 2 is 1.64 bits per heavy atom. The quantitative estimate of drug-likeness (QED) is 0.827. The first-order chi connectivity index (χ1) is 10.2. The van der Waals surface area contributed by atoms with Crippen molar-refractivity contribution in [1.29, 1.82) is 0 Å². The molecule has 1 aliphatic rings. The molecule has 0 spiro atoms. The fourth-order valence-corrected chi connectivity index (χ4v) is 2.48. The lowest BCUT2D eigenvalue weighted by molar-refractivity contribution is -0.179. The number of rotatable bonds is 4. The molecule has 7 heteroatoms. The summed E-state index contributed by atoms with van der Waals surface area (Å²) >= 11 is 0. The van der Waals surface area contributed by atoms with Gasteiger partial charge in [0.15, 0.2) is 5.79 Å². The van der Waals surface area contributed by atoms with Crippen LogP contribution in [0.15, 0.2) is 30.3 Å². The lowest BCUT2D eigenvalue weighted by Crippen LogP contribution is -2.28. The van der Waals surface area contributed by atoms with Crippen molar-refractivity contribution in [1.82, 2.24) is 0 Å². The van der Waals surface area contributed by atoms with E-state index in [0.29, 0.717) is 0 Å². The third-order valence-corrected chi connectivity index (χ3v) is 3.65. The van der Waals surface area contributed by atoms with Gasteiger partial charge in [-0.25, -0.2) is 5.14 Å². The van der Waals surface area contributed by atoms with Crippen molar-refractivity contribution in [3.63, 3.8) is 0 Å². The second kappa shape index (κ2) is 8.03. The van der Waals surface area contributed by atoms with Gasteiger partial charge in [0.2, 0.25) is 0 Å². The molecule has 1 aliphatic heterocycles. The normalized spacial score (nSPS) is 23.7. The Balaban J connectivity index is 0.000000422. The van der Waals surface area contributed by atoms with Gasteiger partial charge in [0.25, 0.3) is 0 Å². The molecule has 1 fully saturated rings. The van der Waals surface area contributed by atoms with Crippen LogP contribution in [0, 0.1) is 0 Å². The number of ether oxygens (including phenoxy) is 2. The van der Waals surface area contributed by atoms with Crippen LogP contribution in [-0.2, 0) is 19.8 Å². The van der Waals surface area contributed by atoms with Crippen molar-refractivity contribution in [2.24, 2.45) is 5.14 Å². The molecule has 0 bridgehead atoms. The number of benzene rings is 1. The summed E-state index contributed by atoms with van der Waals surface area (Å²) in [6.07, 6.45) is 3.06. The van der Waals surface area contributed by atoms with Crippen molar-refractivity contribution in [2.75, 3.05) is 0 Å². The van der Waals surface area contributed by atoms with Crippen LogP contribution in [0.5, 0.6) is 0 Å². The van der Waals surface area contributed by atoms with Crippen LogP contribution in [0.4, 0.5) is 0 Å². The van der Waals surface area contributed by atoms with Crippen LogP contribution < -0.4 is 5.14 Å². The van der Waals surface area contributed by atoms with Crippen LogP contribution >= 0.6 is 0 Å². The molecular weight excluding hydrogens is 306 g/mol. The summed E-state index contributed by atoms with van der Waals surface area (Å²) in [5.74, 6) is -0.374. The monoisotopic (exact) mass is 331 g/mol. The highest BCUT2D eigenvalue weighted by Gasteiger charge is 2.44. The van der Waals surface area contributed by atoms with Crippen LogP contribution in [0.2, 0.25) is 0 Å². The fraction of sp³-hybridized carbons (Fsp3) is 0.600. The molecule has 1 aromatic rings. The van der Waals surface area contributed by atoms with Crippen molar-refractivity contribution in [3.8, 4) is 0 Å². The molecule has 22 heavy (non-hydrogen) atoms. The number of nitrogens with two attached hydrogens (primary N) is 1. The zero-order valence-electron chi connectivity index (χ0n) is 13.2. The minimum absolute atomic E-state index is 0.0844. The van der Waals surface area contributed by atoms with E-state index in [-0.39, 0.29) is 18.0 Å². The van der Waals surface area contributed by atoms with E-state index < -0.39 is 10.3 Å². The Hall–Kier alpha value is -0.990. The standard InChI is InChI=1S/C15H22O2.H3NO3S/c1-4-13-14(12-10-8-7-9-11-12)17-15(5-2,6-3)16-13;1-5(2,3)4/h7-11,13-14H,4-6H2,1-3H3;(H3,1,2,3,4)/t13-,14-;/m1./s1. The van der Waals surface area contributed by atoms with Gasteiger partial charge in [-0.05, 0) is 24.8 Å². The van der Waals surface area contributed by atoms with E-state index in [2.05, 4.69) is 50.2 Å². The van der Waals surface area contributed by atoms with Gasteiger partial charge in [-0.3, -0.25) is 4.55 Å². The summed E-state index contributed by atoms with van der Waals surface area (Å²) in [6.45, 7) is 6.42. The predicted molar refractivity (Wildman–Crippen MR) is 84.5 cm³/mol. The molecule has 126 valence electrons. The topological polar surface area (TPSA) is 98.9 Å². The fourth-order valence-electron chi connectivity index (χ4n) is 2.48. The van der Waals surface area contributed by atoms with Crippen molar-refractivity contribution in [3.05, 3.63) is 35.9 Å². The molecule has 0 aliphatic carbocycles. The second-order valence-electron chi connectivity index (χ2n) is 5.15. The zero-order chi connectivity index (χ0) is 16.8. The molecule has 1 heterocycles. The molecular formula is C15H25NO5S. The van der Waals surface area contributed by atoms with Crippen molar-refractivity contribution < 1.29 is 22.4 Å². The molecule has 0 unspecified atom stereocenters. The summed E-state index contributed by atoms with van der Waals surface area (Å²) in [5, 5.41) is 3.88. The first-order valence-corrected chi connectivity index (χ1v) is 8.90. The first kappa shape index (κ1) is 19.1. The van der Waals surface area contributed by atoms with Gasteiger partial charge < -0.3 is 9.47 Å². The van der Waals surface area contributed by atoms with Crippen LogP contribution in [-0.4, -0.2) is 24.9 Å². The number of hydrogen-bond donors (Lipinski definition) is 2. The molecule has 0 radical (unpaired) electrons. The Morgan fingerprint density at radius 3 is 2.05 bits per heavy atom. The molecule has 6 nitrogen and oxygen atoms in total. The maximum atomic E-state index is 8.97. The smallest absolute Gasteiger partial charge is 0.330 e. The molecule has 2 atom stereocenters. The van der Waals surface area contributed by atoms with E-state index in [9.17, 15) is 0 Å². The Kier molecular flexibility index (Phi) is 6.96. The Morgan fingerprint density at radius 1 is 1.14 bits per heavy atom. The molecule has 2 rings (SSSR count). The van der Waals surface area contributed by atoms with Crippen LogP contribution in [0.1, 0.15) is 51.7 Å². The molecule has 0 saturated carbocycles. The Bertz CT molecular complexity index is 534. The average molecular weight is 331 g/mol. The van der Waals surface area contributed by atoms with Crippen LogP contribution in [0.3, 0.4) is 0 Å². The molecule has 1 saturated heterocycles. The van der Waals surface area contributed by atoms with E-state index in [1.54, 1.807) is 0 Å². The molecule has 1 aromatic carbocycles. The first-order valence-electron chi connectivity index (χ1n) is 7.40. The minimum Gasteiger partial charge on any atom is -0.344 e. The SMILES string of the molecule is CC[C@H]1OC(CC)(CC)O[C@@H]1c1ccccc1.NS(=O)(=O)O. The van der Waals surface area contributed by atoms with E-state index >= 15 is 0 Å². The largest absolute Gasteiger partial charge is 0.344 e. The second-order valence-corrected chi connectivity index (χ2v) is 6.18. The molecule has 0 aromatic heterocycles. The van der Waals surface area contributed by atoms with Crippen LogP contribution in [0.25, 0.3) is 0 Å². The van der Waals surface area contributed by atoms with Gasteiger partial charge in [-0.2, -0.15) is 8.42 Å². The zero-order valence-corrected chi connectivity index (χ0v) is 14.0. The third-order valence-electron chi connectivity index (χ3n) is 3.65. The number of hydrogen-bond acceptors (Lipinski definition) is 4. The average Bonchev–Trinajstić information content (AvgIpc) is 2.86. The summed E-state index contributed by atoms with van der Waals surface area (Å²) in [4.78, 5) is 0. The van der Waals surface area contributed by atoms with Gasteiger partial charge in [0, 0.05) is 0 Å².